The lowest BCUT2D eigenvalue weighted by molar-refractivity contribution is -0.103. The molecule has 10 heteroatoms. The topological polar surface area (TPSA) is 115 Å². The number of imide groups is 1. The van der Waals surface area contributed by atoms with Crippen LogP contribution in [0, 0.1) is 20.8 Å². The highest BCUT2D eigenvalue weighted by molar-refractivity contribution is 6.07. The minimum Gasteiger partial charge on any atom is -0.496 e. The SMILES string of the molecule is COc1cccc(C(=O)N(C(=O)OC(OC(=O)c2ccccn2)c2ccccc2)N(C(=O)c2cc(C)cc(C)c2)C(C)(C)C)c1C. The van der Waals surface area contributed by atoms with Crippen LogP contribution in [-0.2, 0) is 9.47 Å². The van der Waals surface area contributed by atoms with Crippen LogP contribution in [0.1, 0.15) is 80.5 Å². The Morgan fingerprint density at radius 3 is 2.00 bits per heavy atom. The molecule has 3 aromatic carbocycles. The van der Waals surface area contributed by atoms with Crippen molar-refractivity contribution in [3.8, 4) is 5.75 Å². The molecule has 0 radical (unpaired) electrons. The number of aryl methyl sites for hydroxylation is 2. The fourth-order valence-electron chi connectivity index (χ4n) is 4.91. The number of nitrogens with zero attached hydrogens (tertiary/aromatic N) is 3. The van der Waals surface area contributed by atoms with Gasteiger partial charge in [0.2, 0.25) is 0 Å². The molecule has 4 aromatic rings. The Labute approximate surface area is 268 Å². The van der Waals surface area contributed by atoms with Crippen molar-refractivity contribution in [2.45, 2.75) is 53.4 Å². The second-order valence-corrected chi connectivity index (χ2v) is 11.7. The van der Waals surface area contributed by atoms with Crippen molar-refractivity contribution in [1.82, 2.24) is 15.0 Å². The lowest BCUT2D eigenvalue weighted by Gasteiger charge is -2.41. The van der Waals surface area contributed by atoms with Crippen molar-refractivity contribution >= 4 is 23.9 Å². The number of aromatic nitrogens is 1. The molecule has 0 aliphatic rings. The van der Waals surface area contributed by atoms with Crippen molar-refractivity contribution < 1.29 is 33.4 Å². The summed E-state index contributed by atoms with van der Waals surface area (Å²) in [5, 5.41) is 1.72. The van der Waals surface area contributed by atoms with Crippen molar-refractivity contribution in [3.05, 3.63) is 130 Å². The first-order chi connectivity index (χ1) is 21.8. The van der Waals surface area contributed by atoms with E-state index in [1.807, 2.05) is 19.9 Å². The molecule has 0 fully saturated rings. The fourth-order valence-corrected chi connectivity index (χ4v) is 4.91. The first kappa shape index (κ1) is 33.4. The summed E-state index contributed by atoms with van der Waals surface area (Å²) >= 11 is 0. The molecule has 10 nitrogen and oxygen atoms in total. The van der Waals surface area contributed by atoms with Gasteiger partial charge in [0.25, 0.3) is 18.1 Å². The van der Waals surface area contributed by atoms with E-state index >= 15 is 0 Å². The van der Waals surface area contributed by atoms with E-state index in [0.717, 1.165) is 16.1 Å². The Balaban J connectivity index is 1.84. The Hall–Kier alpha value is -5.51. The first-order valence-electron chi connectivity index (χ1n) is 14.6. The van der Waals surface area contributed by atoms with E-state index in [0.29, 0.717) is 21.9 Å². The summed E-state index contributed by atoms with van der Waals surface area (Å²) in [5.41, 5.74) is 1.64. The lowest BCUT2D eigenvalue weighted by Crippen LogP contribution is -2.60. The predicted octanol–water partition coefficient (Wildman–Crippen LogP) is 7.01. The molecule has 1 unspecified atom stereocenters. The third-order valence-corrected chi connectivity index (χ3v) is 6.96. The number of pyridine rings is 1. The summed E-state index contributed by atoms with van der Waals surface area (Å²) in [6, 6.07) is 23.1. The molecule has 3 amide bonds. The number of hydrazine groups is 1. The van der Waals surface area contributed by atoms with Crippen molar-refractivity contribution in [2.24, 2.45) is 0 Å². The summed E-state index contributed by atoms with van der Waals surface area (Å²) in [6.07, 6.45) is -1.41. The third kappa shape index (κ3) is 7.58. The third-order valence-electron chi connectivity index (χ3n) is 6.96. The van der Waals surface area contributed by atoms with Crippen LogP contribution in [0.4, 0.5) is 4.79 Å². The van der Waals surface area contributed by atoms with Crippen LogP contribution in [-0.4, -0.2) is 51.5 Å². The van der Waals surface area contributed by atoms with Crippen LogP contribution in [0.15, 0.2) is 91.1 Å². The van der Waals surface area contributed by atoms with Crippen LogP contribution >= 0.6 is 0 Å². The van der Waals surface area contributed by atoms with Crippen LogP contribution in [0.25, 0.3) is 0 Å². The van der Waals surface area contributed by atoms with Gasteiger partial charge in [-0.25, -0.2) is 19.6 Å². The molecule has 46 heavy (non-hydrogen) atoms. The molecular weight excluding hydrogens is 586 g/mol. The number of carbonyl (C=O) groups is 4. The fraction of sp³-hybridized carbons (Fsp3) is 0.250. The Kier molecular flexibility index (Phi) is 10.2. The maximum Gasteiger partial charge on any atom is 0.439 e. The van der Waals surface area contributed by atoms with Gasteiger partial charge in [-0.1, -0.05) is 59.7 Å². The molecule has 1 heterocycles. The van der Waals surface area contributed by atoms with E-state index < -0.39 is 35.7 Å². The Morgan fingerprint density at radius 1 is 0.761 bits per heavy atom. The van der Waals surface area contributed by atoms with Gasteiger partial charge < -0.3 is 14.2 Å². The van der Waals surface area contributed by atoms with E-state index in [2.05, 4.69) is 4.98 Å². The number of amides is 3. The number of ether oxygens (including phenoxy) is 3. The quantitative estimate of drug-likeness (QED) is 0.123. The first-order valence-corrected chi connectivity index (χ1v) is 14.6. The number of rotatable bonds is 7. The molecule has 0 aliphatic heterocycles. The van der Waals surface area contributed by atoms with Crippen molar-refractivity contribution in [2.75, 3.05) is 7.11 Å². The van der Waals surface area contributed by atoms with Crippen LogP contribution < -0.4 is 4.74 Å². The second-order valence-electron chi connectivity index (χ2n) is 11.7. The molecule has 0 saturated carbocycles. The van der Waals surface area contributed by atoms with Crippen LogP contribution in [0.3, 0.4) is 0 Å². The second kappa shape index (κ2) is 14.1. The lowest BCUT2D eigenvalue weighted by atomic mass is 10.0. The molecule has 0 aliphatic carbocycles. The van der Waals surface area contributed by atoms with Gasteiger partial charge in [0.1, 0.15) is 11.4 Å². The normalized spacial score (nSPS) is 11.6. The Morgan fingerprint density at radius 2 is 1.41 bits per heavy atom. The number of hydrogen-bond donors (Lipinski definition) is 0. The number of esters is 1. The minimum atomic E-state index is -1.59. The molecular formula is C36H37N3O7. The summed E-state index contributed by atoms with van der Waals surface area (Å²) < 4.78 is 16.9. The van der Waals surface area contributed by atoms with Crippen LogP contribution in [0.5, 0.6) is 5.75 Å². The van der Waals surface area contributed by atoms with Gasteiger partial charge >= 0.3 is 12.1 Å². The highest BCUT2D eigenvalue weighted by atomic mass is 16.7. The molecule has 0 saturated heterocycles. The number of methoxy groups -OCH3 is 1. The molecule has 0 bridgehead atoms. The monoisotopic (exact) mass is 623 g/mol. The summed E-state index contributed by atoms with van der Waals surface area (Å²) in [6.45, 7) is 10.4. The molecule has 0 N–H and O–H groups in total. The van der Waals surface area contributed by atoms with Gasteiger partial charge in [0, 0.05) is 28.5 Å². The smallest absolute Gasteiger partial charge is 0.439 e. The zero-order valence-corrected chi connectivity index (χ0v) is 26.9. The zero-order valence-electron chi connectivity index (χ0n) is 26.9. The van der Waals surface area contributed by atoms with E-state index in [-0.39, 0.29) is 16.8 Å². The molecule has 238 valence electrons. The van der Waals surface area contributed by atoms with Gasteiger partial charge in [0.05, 0.1) is 12.6 Å². The standard InChI is InChI=1S/C36H37N3O7/c1-23-20-24(2)22-27(21-23)31(40)39(36(4,5)6)38(32(41)28-16-13-18-30(44-7)25(28)3)35(43)46-34(26-14-9-8-10-15-26)45-33(42)29-17-11-12-19-37-29/h8-22,34H,1-7H3. The number of carbonyl (C=O) groups excluding carboxylic acids is 4. The van der Waals surface area contributed by atoms with E-state index in [9.17, 15) is 19.2 Å². The molecule has 1 atom stereocenters. The summed E-state index contributed by atoms with van der Waals surface area (Å²) in [7, 11) is 1.47. The van der Waals surface area contributed by atoms with Gasteiger partial charge in [0.15, 0.2) is 0 Å². The number of benzene rings is 3. The summed E-state index contributed by atoms with van der Waals surface area (Å²) in [5.74, 6) is -1.92. The highest BCUT2D eigenvalue weighted by Gasteiger charge is 2.43. The Bertz CT molecular complexity index is 1710. The number of hydrogen-bond acceptors (Lipinski definition) is 8. The van der Waals surface area contributed by atoms with Gasteiger partial charge in [-0.15, -0.1) is 5.01 Å². The minimum absolute atomic E-state index is 0.0132. The molecule has 0 spiro atoms. The average Bonchev–Trinajstić information content (AvgIpc) is 3.02. The molecule has 1 aromatic heterocycles. The highest BCUT2D eigenvalue weighted by Crippen LogP contribution is 2.30. The van der Waals surface area contributed by atoms with E-state index in [1.54, 1.807) is 94.4 Å². The average molecular weight is 624 g/mol. The van der Waals surface area contributed by atoms with Crippen molar-refractivity contribution in [3.63, 3.8) is 0 Å². The van der Waals surface area contributed by atoms with Crippen molar-refractivity contribution in [1.29, 1.82) is 0 Å². The maximum absolute atomic E-state index is 14.5. The van der Waals surface area contributed by atoms with Crippen LogP contribution in [0.2, 0.25) is 0 Å². The molecule has 4 rings (SSSR count). The maximum atomic E-state index is 14.5. The summed E-state index contributed by atoms with van der Waals surface area (Å²) in [4.78, 5) is 60.2. The largest absolute Gasteiger partial charge is 0.496 e. The van der Waals surface area contributed by atoms with Gasteiger partial charge in [-0.2, -0.15) is 0 Å². The van der Waals surface area contributed by atoms with Gasteiger partial charge in [-0.3, -0.25) is 9.59 Å². The van der Waals surface area contributed by atoms with Gasteiger partial charge in [-0.05, 0) is 77.9 Å². The predicted molar refractivity (Wildman–Crippen MR) is 171 cm³/mol. The zero-order chi connectivity index (χ0) is 33.6. The van der Waals surface area contributed by atoms with E-state index in [4.69, 9.17) is 14.2 Å². The van der Waals surface area contributed by atoms with E-state index in [1.165, 1.54) is 25.4 Å².